The Morgan fingerprint density at radius 1 is 1.00 bits per heavy atom. The number of carbonyl (C=O) groups excluding carboxylic acids is 1. The largest absolute Gasteiger partial charge is 0.346 e. The van der Waals surface area contributed by atoms with Crippen molar-refractivity contribution in [3.8, 4) is 0 Å². The third-order valence-electron chi connectivity index (χ3n) is 5.89. The number of aryl methyl sites for hydroxylation is 1. The third kappa shape index (κ3) is 4.53. The van der Waals surface area contributed by atoms with Gasteiger partial charge in [-0.15, -0.1) is 0 Å². The minimum atomic E-state index is -0.247. The lowest BCUT2D eigenvalue weighted by Gasteiger charge is -2.22. The van der Waals surface area contributed by atoms with E-state index in [9.17, 15) is 9.59 Å². The Morgan fingerprint density at radius 2 is 1.67 bits per heavy atom. The van der Waals surface area contributed by atoms with Gasteiger partial charge < -0.3 is 9.88 Å². The van der Waals surface area contributed by atoms with Crippen LogP contribution < -0.4 is 10.9 Å². The van der Waals surface area contributed by atoms with E-state index in [1.54, 1.807) is 6.07 Å². The average molecular weight is 446 g/mol. The molecule has 172 valence electrons. The number of hydrogen-bond acceptors (Lipinski definition) is 4. The van der Waals surface area contributed by atoms with Crippen LogP contribution in [0.25, 0.3) is 21.8 Å². The summed E-state index contributed by atoms with van der Waals surface area (Å²) in [6, 6.07) is 15.1. The smallest absolute Gasteiger partial charge is 0.274 e. The van der Waals surface area contributed by atoms with Crippen molar-refractivity contribution in [1.82, 2.24) is 24.6 Å². The quantitative estimate of drug-likeness (QED) is 0.466. The van der Waals surface area contributed by atoms with Crippen molar-refractivity contribution in [3.63, 3.8) is 0 Å². The summed E-state index contributed by atoms with van der Waals surface area (Å²) in [5, 5.41) is 9.07. The summed E-state index contributed by atoms with van der Waals surface area (Å²) in [7, 11) is 1.98. The van der Waals surface area contributed by atoms with Crippen molar-refractivity contribution in [1.29, 1.82) is 0 Å². The van der Waals surface area contributed by atoms with Crippen LogP contribution in [0.1, 0.15) is 45.3 Å². The molecule has 7 heteroatoms. The Labute approximate surface area is 193 Å². The van der Waals surface area contributed by atoms with Crippen molar-refractivity contribution >= 4 is 27.7 Å². The van der Waals surface area contributed by atoms with Gasteiger partial charge in [0.15, 0.2) is 0 Å². The molecule has 1 atom stereocenters. The zero-order valence-corrected chi connectivity index (χ0v) is 19.9. The number of amides is 1. The van der Waals surface area contributed by atoms with Gasteiger partial charge in [-0.05, 0) is 30.0 Å². The first-order valence-corrected chi connectivity index (χ1v) is 11.5. The molecule has 0 bridgehead atoms. The molecule has 33 heavy (non-hydrogen) atoms. The van der Waals surface area contributed by atoms with Gasteiger partial charge in [0.25, 0.3) is 5.56 Å². The first-order chi connectivity index (χ1) is 15.8. The Hall–Kier alpha value is -3.48. The summed E-state index contributed by atoms with van der Waals surface area (Å²) in [6.07, 6.45) is 0.0893. The van der Waals surface area contributed by atoms with Gasteiger partial charge in [-0.1, -0.05) is 58.0 Å². The molecule has 2 heterocycles. The molecule has 0 saturated carbocycles. The molecule has 4 rings (SSSR count). The molecule has 7 nitrogen and oxygen atoms in total. The van der Waals surface area contributed by atoms with E-state index in [-0.39, 0.29) is 35.8 Å². The number of carbonyl (C=O) groups is 1. The first-order valence-electron chi connectivity index (χ1n) is 11.5. The zero-order chi connectivity index (χ0) is 23.7. The summed E-state index contributed by atoms with van der Waals surface area (Å²) in [4.78, 5) is 30.9. The second-order valence-corrected chi connectivity index (χ2v) is 9.36. The number of para-hydroxylation sites is 2. The number of rotatable bonds is 7. The van der Waals surface area contributed by atoms with E-state index in [0.29, 0.717) is 17.6 Å². The second kappa shape index (κ2) is 9.17. The standard InChI is InChI=1S/C26H31N5O2/c1-16(2)15-31-26(33)19-11-7-6-10-18(19)21(29-31)14-23(32)28-24(17(3)4)25-27-20-12-8-9-13-22(20)30(25)5/h6-13,16-17,24H,14-15H2,1-5H3,(H,28,32)/t24-/m1/s1. The summed E-state index contributed by atoms with van der Waals surface area (Å²) >= 11 is 0. The molecular formula is C26H31N5O2. The van der Waals surface area contributed by atoms with Gasteiger partial charge in [-0.2, -0.15) is 5.10 Å². The van der Waals surface area contributed by atoms with Crippen molar-refractivity contribution < 1.29 is 4.79 Å². The van der Waals surface area contributed by atoms with Crippen LogP contribution >= 0.6 is 0 Å². The molecule has 0 saturated heterocycles. The predicted octanol–water partition coefficient (Wildman–Crippen LogP) is 4.00. The van der Waals surface area contributed by atoms with E-state index in [1.807, 2.05) is 67.9 Å². The minimum Gasteiger partial charge on any atom is -0.346 e. The zero-order valence-electron chi connectivity index (χ0n) is 19.9. The Balaban J connectivity index is 1.66. The van der Waals surface area contributed by atoms with Gasteiger partial charge in [0.05, 0.1) is 34.6 Å². The molecular weight excluding hydrogens is 414 g/mol. The summed E-state index contributed by atoms with van der Waals surface area (Å²) < 4.78 is 3.53. The van der Waals surface area contributed by atoms with Crippen LogP contribution in [0.5, 0.6) is 0 Å². The lowest BCUT2D eigenvalue weighted by molar-refractivity contribution is -0.121. The molecule has 0 fully saturated rings. The number of benzene rings is 2. The number of nitrogens with one attached hydrogen (secondary N) is 1. The highest BCUT2D eigenvalue weighted by atomic mass is 16.2. The number of imidazole rings is 1. The minimum absolute atomic E-state index is 0.0893. The van der Waals surface area contributed by atoms with Crippen LogP contribution in [0, 0.1) is 11.8 Å². The molecule has 1 N–H and O–H groups in total. The highest BCUT2D eigenvalue weighted by Gasteiger charge is 2.25. The Kier molecular flexibility index (Phi) is 6.31. The molecule has 0 spiro atoms. The summed E-state index contributed by atoms with van der Waals surface area (Å²) in [5.41, 5.74) is 2.42. The fraction of sp³-hybridized carbons (Fsp3) is 0.385. The Morgan fingerprint density at radius 3 is 2.33 bits per heavy atom. The topological polar surface area (TPSA) is 81.8 Å². The fourth-order valence-electron chi connectivity index (χ4n) is 4.25. The summed E-state index contributed by atoms with van der Waals surface area (Å²) in [6.45, 7) is 8.73. The second-order valence-electron chi connectivity index (χ2n) is 9.36. The van der Waals surface area contributed by atoms with Gasteiger partial charge in [0, 0.05) is 19.0 Å². The highest BCUT2D eigenvalue weighted by Crippen LogP contribution is 2.25. The number of nitrogens with zero attached hydrogens (tertiary/aromatic N) is 4. The lowest BCUT2D eigenvalue weighted by Crippen LogP contribution is -2.35. The van der Waals surface area contributed by atoms with E-state index in [1.165, 1.54) is 4.68 Å². The van der Waals surface area contributed by atoms with Gasteiger partial charge >= 0.3 is 0 Å². The lowest BCUT2D eigenvalue weighted by atomic mass is 10.0. The molecule has 1 amide bonds. The van der Waals surface area contributed by atoms with Crippen molar-refractivity contribution in [3.05, 3.63) is 70.4 Å². The molecule has 2 aromatic heterocycles. The van der Waals surface area contributed by atoms with Crippen molar-refractivity contribution in [2.24, 2.45) is 18.9 Å². The van der Waals surface area contributed by atoms with Gasteiger partial charge in [0.2, 0.25) is 5.91 Å². The van der Waals surface area contributed by atoms with Gasteiger partial charge in [-0.3, -0.25) is 9.59 Å². The van der Waals surface area contributed by atoms with Crippen LogP contribution in [0.4, 0.5) is 0 Å². The fourth-order valence-corrected chi connectivity index (χ4v) is 4.25. The van der Waals surface area contributed by atoms with E-state index in [4.69, 9.17) is 4.98 Å². The maximum absolute atomic E-state index is 13.2. The van der Waals surface area contributed by atoms with Gasteiger partial charge in [0.1, 0.15) is 5.82 Å². The third-order valence-corrected chi connectivity index (χ3v) is 5.89. The van der Waals surface area contributed by atoms with Crippen molar-refractivity contribution in [2.75, 3.05) is 0 Å². The molecule has 0 aliphatic heterocycles. The Bertz CT molecular complexity index is 1370. The number of aromatic nitrogens is 4. The van der Waals surface area contributed by atoms with E-state index < -0.39 is 0 Å². The van der Waals surface area contributed by atoms with Crippen LogP contribution in [-0.2, 0) is 24.8 Å². The highest BCUT2D eigenvalue weighted by molar-refractivity contribution is 5.88. The molecule has 0 aliphatic carbocycles. The maximum Gasteiger partial charge on any atom is 0.274 e. The van der Waals surface area contributed by atoms with Crippen LogP contribution in [0.15, 0.2) is 53.3 Å². The average Bonchev–Trinajstić information content (AvgIpc) is 3.11. The molecule has 0 unspecified atom stereocenters. The number of hydrogen-bond donors (Lipinski definition) is 1. The molecule has 4 aromatic rings. The number of fused-ring (bicyclic) bond motifs is 2. The molecule has 0 radical (unpaired) electrons. The normalized spacial score (nSPS) is 12.7. The van der Waals surface area contributed by atoms with Crippen LogP contribution in [-0.4, -0.2) is 25.2 Å². The van der Waals surface area contributed by atoms with E-state index in [0.717, 1.165) is 22.2 Å². The first kappa shape index (κ1) is 22.7. The molecule has 0 aliphatic rings. The van der Waals surface area contributed by atoms with Gasteiger partial charge in [-0.25, -0.2) is 9.67 Å². The van der Waals surface area contributed by atoms with Crippen LogP contribution in [0.3, 0.4) is 0 Å². The SMILES string of the molecule is CC(C)Cn1nc(CC(=O)N[C@@H](c2nc3ccccc3n2C)C(C)C)c2ccccc2c1=O. The van der Waals surface area contributed by atoms with E-state index >= 15 is 0 Å². The maximum atomic E-state index is 13.2. The summed E-state index contributed by atoms with van der Waals surface area (Å²) in [5.74, 6) is 1.08. The molecule has 2 aromatic carbocycles. The monoisotopic (exact) mass is 445 g/mol. The van der Waals surface area contributed by atoms with E-state index in [2.05, 4.69) is 24.3 Å². The van der Waals surface area contributed by atoms with Crippen molar-refractivity contribution in [2.45, 2.75) is 46.7 Å². The predicted molar refractivity (Wildman–Crippen MR) is 131 cm³/mol. The van der Waals surface area contributed by atoms with Crippen LogP contribution in [0.2, 0.25) is 0 Å².